The molecule has 2 heterocycles. The zero-order valence-corrected chi connectivity index (χ0v) is 16.8. The Bertz CT molecular complexity index is 817. The number of hydrogen-bond donors (Lipinski definition) is 2. The molecule has 6 nitrogen and oxygen atoms in total. The van der Waals surface area contributed by atoms with Crippen LogP contribution in [0.15, 0.2) is 47.5 Å². The molecule has 0 radical (unpaired) electrons. The molecule has 0 bridgehead atoms. The second kappa shape index (κ2) is 8.33. The average Bonchev–Trinajstić information content (AvgIpc) is 2.93. The van der Waals surface area contributed by atoms with Gasteiger partial charge < -0.3 is 9.29 Å². The molecule has 2 N–H and O–H groups in total. The lowest BCUT2D eigenvalue weighted by Gasteiger charge is -2.23. The number of benzene rings is 1. The van der Waals surface area contributed by atoms with Gasteiger partial charge in [0.2, 0.25) is 5.91 Å². The number of nitrogens with one attached hydrogen (secondary N) is 1. The quantitative estimate of drug-likeness (QED) is 0.732. The highest BCUT2D eigenvalue weighted by molar-refractivity contribution is 8.28. The highest BCUT2D eigenvalue weighted by Crippen LogP contribution is 2.43. The first kappa shape index (κ1) is 19.7. The van der Waals surface area contributed by atoms with Gasteiger partial charge in [-0.05, 0) is 48.8 Å². The SMILES string of the molecule is CS(C)(O)c1ccc(CCOc2ccc(CC3SC(=O)NC3=O)cc2)nc1. The monoisotopic (exact) mass is 406 g/mol. The van der Waals surface area contributed by atoms with Gasteiger partial charge in [-0.15, -0.1) is 10.3 Å². The summed E-state index contributed by atoms with van der Waals surface area (Å²) in [5.74, 6) is 0.519. The largest absolute Gasteiger partial charge is 0.493 e. The van der Waals surface area contributed by atoms with E-state index in [0.29, 0.717) is 19.4 Å². The minimum Gasteiger partial charge on any atom is -0.493 e. The fraction of sp³-hybridized carbons (Fsp3) is 0.316. The Morgan fingerprint density at radius 2 is 1.93 bits per heavy atom. The van der Waals surface area contributed by atoms with Crippen LogP contribution in [0.3, 0.4) is 0 Å². The molecular formula is C19H22N2O4S2. The van der Waals surface area contributed by atoms with E-state index in [1.807, 2.05) is 48.9 Å². The van der Waals surface area contributed by atoms with Crippen molar-refractivity contribution >= 4 is 33.2 Å². The standard InChI is InChI=1S/C19H22N2O4S2/c1-27(2,24)16-8-5-14(20-12-16)9-10-25-15-6-3-13(4-7-15)11-17-18(22)21-19(23)26-17/h3-8,12,17,24H,9-11H2,1-2H3,(H,21,22,23). The molecule has 1 aromatic carbocycles. The van der Waals surface area contributed by atoms with Crippen molar-refractivity contribution in [3.05, 3.63) is 53.9 Å². The van der Waals surface area contributed by atoms with Crippen LogP contribution in [-0.4, -0.2) is 45.1 Å². The molecule has 1 saturated heterocycles. The van der Waals surface area contributed by atoms with Gasteiger partial charge in [-0.3, -0.25) is 19.9 Å². The highest BCUT2D eigenvalue weighted by Gasteiger charge is 2.31. The number of pyridine rings is 1. The summed E-state index contributed by atoms with van der Waals surface area (Å²) >= 11 is 1.03. The van der Waals surface area contributed by atoms with Crippen LogP contribution < -0.4 is 10.1 Å². The smallest absolute Gasteiger partial charge is 0.286 e. The summed E-state index contributed by atoms with van der Waals surface area (Å²) in [6.07, 6.45) is 6.53. The van der Waals surface area contributed by atoms with Gasteiger partial charge in [-0.25, -0.2) is 0 Å². The second-order valence-electron chi connectivity index (χ2n) is 6.59. The van der Waals surface area contributed by atoms with Crippen molar-refractivity contribution in [1.29, 1.82) is 0 Å². The number of imide groups is 1. The van der Waals surface area contributed by atoms with Gasteiger partial charge in [-0.1, -0.05) is 23.9 Å². The first-order chi connectivity index (χ1) is 12.8. The predicted octanol–water partition coefficient (Wildman–Crippen LogP) is 3.49. The number of thioether (sulfide) groups is 1. The van der Waals surface area contributed by atoms with E-state index in [4.69, 9.17) is 4.74 Å². The summed E-state index contributed by atoms with van der Waals surface area (Å²) in [4.78, 5) is 28.1. The maximum absolute atomic E-state index is 11.6. The van der Waals surface area contributed by atoms with Crippen LogP contribution in [0, 0.1) is 0 Å². The van der Waals surface area contributed by atoms with E-state index in [1.165, 1.54) is 0 Å². The van der Waals surface area contributed by atoms with Gasteiger partial charge in [0.15, 0.2) is 0 Å². The Labute approximate surface area is 164 Å². The summed E-state index contributed by atoms with van der Waals surface area (Å²) < 4.78 is 15.8. The first-order valence-corrected chi connectivity index (χ1v) is 11.7. The van der Waals surface area contributed by atoms with E-state index >= 15 is 0 Å². The number of aromatic nitrogens is 1. The summed E-state index contributed by atoms with van der Waals surface area (Å²) in [6.45, 7) is 0.496. The fourth-order valence-corrected chi connectivity index (χ4v) is 4.16. The van der Waals surface area contributed by atoms with Crippen molar-refractivity contribution in [2.24, 2.45) is 0 Å². The van der Waals surface area contributed by atoms with Crippen molar-refractivity contribution < 1.29 is 18.9 Å². The molecule has 144 valence electrons. The van der Waals surface area contributed by atoms with Crippen molar-refractivity contribution in [3.63, 3.8) is 0 Å². The molecule has 3 rings (SSSR count). The van der Waals surface area contributed by atoms with Gasteiger partial charge >= 0.3 is 0 Å². The van der Waals surface area contributed by atoms with Crippen molar-refractivity contribution in [2.45, 2.75) is 23.0 Å². The van der Waals surface area contributed by atoms with Gasteiger partial charge in [0, 0.05) is 23.2 Å². The Balaban J connectivity index is 1.47. The van der Waals surface area contributed by atoms with Crippen molar-refractivity contribution in [1.82, 2.24) is 10.3 Å². The summed E-state index contributed by atoms with van der Waals surface area (Å²) in [5.41, 5.74) is 1.89. The number of rotatable bonds is 7. The van der Waals surface area contributed by atoms with Gasteiger partial charge in [-0.2, -0.15) is 0 Å². The van der Waals surface area contributed by atoms with Crippen LogP contribution in [0.1, 0.15) is 11.3 Å². The average molecular weight is 407 g/mol. The van der Waals surface area contributed by atoms with E-state index < -0.39 is 10.3 Å². The number of carbonyl (C=O) groups excluding carboxylic acids is 2. The Hall–Kier alpha value is -2.03. The van der Waals surface area contributed by atoms with E-state index in [-0.39, 0.29) is 16.4 Å². The summed E-state index contributed by atoms with van der Waals surface area (Å²) in [6, 6.07) is 11.4. The summed E-state index contributed by atoms with van der Waals surface area (Å²) in [7, 11) is -1.74. The lowest BCUT2D eigenvalue weighted by molar-refractivity contribution is -0.118. The van der Waals surface area contributed by atoms with Gasteiger partial charge in [0.25, 0.3) is 5.24 Å². The normalized spacial score (nSPS) is 17.7. The van der Waals surface area contributed by atoms with E-state index in [2.05, 4.69) is 10.3 Å². The van der Waals surface area contributed by atoms with Crippen LogP contribution in [0.5, 0.6) is 5.75 Å². The molecular weight excluding hydrogens is 384 g/mol. The Morgan fingerprint density at radius 3 is 2.48 bits per heavy atom. The fourth-order valence-electron chi connectivity index (χ4n) is 2.59. The van der Waals surface area contributed by atoms with Crippen LogP contribution >= 0.6 is 22.1 Å². The number of carbonyl (C=O) groups is 2. The molecule has 0 spiro atoms. The van der Waals surface area contributed by atoms with Crippen LogP contribution in [0.4, 0.5) is 4.79 Å². The molecule has 1 atom stereocenters. The maximum atomic E-state index is 11.6. The third-order valence-corrected chi connectivity index (χ3v) is 6.49. The number of hydrogen-bond acceptors (Lipinski definition) is 6. The number of nitrogens with zero attached hydrogens (tertiary/aromatic N) is 1. The second-order valence-corrected chi connectivity index (χ2v) is 10.8. The van der Waals surface area contributed by atoms with Gasteiger partial charge in [0.1, 0.15) is 5.75 Å². The molecule has 1 aromatic heterocycles. The van der Waals surface area contributed by atoms with Crippen molar-refractivity contribution in [2.75, 3.05) is 19.1 Å². The van der Waals surface area contributed by atoms with Crippen LogP contribution in [0.2, 0.25) is 0 Å². The molecule has 8 heteroatoms. The molecule has 1 unspecified atom stereocenters. The van der Waals surface area contributed by atoms with E-state index in [0.717, 1.165) is 33.7 Å². The molecule has 1 fully saturated rings. The minimum absolute atomic E-state index is 0.227. The lowest BCUT2D eigenvalue weighted by Crippen LogP contribution is -2.25. The molecule has 27 heavy (non-hydrogen) atoms. The molecule has 2 aromatic rings. The Kier molecular flexibility index (Phi) is 6.08. The number of amides is 2. The Morgan fingerprint density at radius 1 is 1.19 bits per heavy atom. The third-order valence-electron chi connectivity index (χ3n) is 4.11. The lowest BCUT2D eigenvalue weighted by atomic mass is 10.1. The van der Waals surface area contributed by atoms with Crippen LogP contribution in [0.25, 0.3) is 0 Å². The molecule has 0 saturated carbocycles. The highest BCUT2D eigenvalue weighted by atomic mass is 32.3. The van der Waals surface area contributed by atoms with E-state index in [9.17, 15) is 14.1 Å². The molecule has 0 aliphatic carbocycles. The number of ether oxygens (including phenoxy) is 1. The van der Waals surface area contributed by atoms with Crippen molar-refractivity contribution in [3.8, 4) is 5.75 Å². The maximum Gasteiger partial charge on any atom is 0.286 e. The predicted molar refractivity (Wildman–Crippen MR) is 109 cm³/mol. The zero-order chi connectivity index (χ0) is 19.4. The van der Waals surface area contributed by atoms with Gasteiger partial charge in [0.05, 0.1) is 11.9 Å². The minimum atomic E-state index is -1.74. The van der Waals surface area contributed by atoms with E-state index in [1.54, 1.807) is 6.20 Å². The summed E-state index contributed by atoms with van der Waals surface area (Å²) in [5, 5.41) is 1.66. The zero-order valence-electron chi connectivity index (χ0n) is 15.2. The molecule has 1 aliphatic heterocycles. The molecule has 2 amide bonds. The third kappa shape index (κ3) is 5.47. The first-order valence-electron chi connectivity index (χ1n) is 8.45. The topological polar surface area (TPSA) is 88.5 Å². The van der Waals surface area contributed by atoms with Crippen LogP contribution in [-0.2, 0) is 17.6 Å². The molecule has 1 aliphatic rings.